The Bertz CT molecular complexity index is 960. The maximum atomic E-state index is 13.5. The van der Waals surface area contributed by atoms with Gasteiger partial charge in [0, 0.05) is 32.3 Å². The lowest BCUT2D eigenvalue weighted by atomic mass is 9.47. The third-order valence-corrected chi connectivity index (χ3v) is 10.3. The van der Waals surface area contributed by atoms with Crippen LogP contribution in [0.5, 0.6) is 0 Å². The van der Waals surface area contributed by atoms with Crippen LogP contribution in [0.2, 0.25) is 0 Å². The standard InChI is InChI=1S/C31H46O5/c1-19(18-35-21(3)32)8-7-9-20(2)29-28(34)17-27-25-11-10-23-16-24(36-22(4)33)12-14-30(23,5)26(25)13-15-31(27,29)6/h10,19,24-27H,7-9,11-18H2,1-6H3/b29-20+. The van der Waals surface area contributed by atoms with E-state index in [2.05, 4.69) is 33.8 Å². The summed E-state index contributed by atoms with van der Waals surface area (Å²) in [5.74, 6) is 1.92. The first-order valence-corrected chi connectivity index (χ1v) is 14.2. The number of carbonyl (C=O) groups is 3. The molecule has 0 aromatic rings. The van der Waals surface area contributed by atoms with Crippen molar-refractivity contribution in [2.24, 2.45) is 34.5 Å². The molecule has 0 amide bonds. The van der Waals surface area contributed by atoms with Gasteiger partial charge in [-0.1, -0.05) is 38.0 Å². The third kappa shape index (κ3) is 5.09. The molecule has 4 aliphatic carbocycles. The maximum Gasteiger partial charge on any atom is 0.302 e. The van der Waals surface area contributed by atoms with E-state index < -0.39 is 0 Å². The van der Waals surface area contributed by atoms with Crippen LogP contribution in [0.25, 0.3) is 0 Å². The number of allylic oxidation sites excluding steroid dienone is 3. The van der Waals surface area contributed by atoms with Crippen LogP contribution in [0.4, 0.5) is 0 Å². The molecule has 0 aromatic heterocycles. The molecule has 36 heavy (non-hydrogen) atoms. The minimum Gasteiger partial charge on any atom is -0.466 e. The molecule has 0 radical (unpaired) electrons. The van der Waals surface area contributed by atoms with Crippen molar-refractivity contribution in [1.82, 2.24) is 0 Å². The zero-order chi connectivity index (χ0) is 26.3. The quantitative estimate of drug-likeness (QED) is 0.221. The highest BCUT2D eigenvalue weighted by Gasteiger charge is 2.59. The fraction of sp³-hybridized carbons (Fsp3) is 0.774. The van der Waals surface area contributed by atoms with E-state index in [9.17, 15) is 14.4 Å². The van der Waals surface area contributed by atoms with Crippen molar-refractivity contribution in [3.63, 3.8) is 0 Å². The number of rotatable bonds is 7. The van der Waals surface area contributed by atoms with Crippen LogP contribution in [0.1, 0.15) is 106 Å². The normalized spacial score (nSPS) is 37.7. The Morgan fingerprint density at radius 1 is 1.03 bits per heavy atom. The first kappa shape index (κ1) is 27.1. The smallest absolute Gasteiger partial charge is 0.302 e. The van der Waals surface area contributed by atoms with Crippen LogP contribution in [0.3, 0.4) is 0 Å². The van der Waals surface area contributed by atoms with Gasteiger partial charge in [-0.15, -0.1) is 0 Å². The number of hydrogen-bond acceptors (Lipinski definition) is 5. The number of carbonyl (C=O) groups excluding carboxylic acids is 3. The van der Waals surface area contributed by atoms with Gasteiger partial charge < -0.3 is 9.47 Å². The summed E-state index contributed by atoms with van der Waals surface area (Å²) in [6.07, 6.45) is 12.3. The SMILES string of the molecule is CC(=O)OCC(C)CCC/C(C)=C1\C(=O)CC2C3CC=C4CC(OC(C)=O)CCC4(C)C3CCC12C. The van der Waals surface area contributed by atoms with Crippen molar-refractivity contribution in [2.75, 3.05) is 6.61 Å². The molecule has 0 saturated heterocycles. The van der Waals surface area contributed by atoms with Gasteiger partial charge in [0.1, 0.15) is 6.10 Å². The van der Waals surface area contributed by atoms with E-state index in [4.69, 9.17) is 9.47 Å². The number of Topliss-reactive ketones (excluding diaryl/α,β-unsaturated/α-hetero) is 1. The first-order valence-electron chi connectivity index (χ1n) is 14.2. The van der Waals surface area contributed by atoms with Crippen molar-refractivity contribution in [2.45, 2.75) is 112 Å². The van der Waals surface area contributed by atoms with E-state index in [0.717, 1.165) is 56.9 Å². The highest BCUT2D eigenvalue weighted by molar-refractivity contribution is 6.00. The first-order chi connectivity index (χ1) is 17.0. The Balaban J connectivity index is 1.47. The summed E-state index contributed by atoms with van der Waals surface area (Å²) in [5.41, 5.74) is 4.07. The van der Waals surface area contributed by atoms with Crippen LogP contribution in [0.15, 0.2) is 22.8 Å². The summed E-state index contributed by atoms with van der Waals surface area (Å²) in [7, 11) is 0. The third-order valence-electron chi connectivity index (χ3n) is 10.3. The fourth-order valence-electron chi connectivity index (χ4n) is 8.50. The molecule has 5 heteroatoms. The van der Waals surface area contributed by atoms with Gasteiger partial charge in [-0.05, 0) is 92.8 Å². The summed E-state index contributed by atoms with van der Waals surface area (Å²) in [5, 5.41) is 0. The van der Waals surface area contributed by atoms with Gasteiger partial charge in [0.15, 0.2) is 5.78 Å². The number of esters is 2. The van der Waals surface area contributed by atoms with Gasteiger partial charge in [0.25, 0.3) is 0 Å². The molecule has 0 bridgehead atoms. The van der Waals surface area contributed by atoms with Crippen LogP contribution in [0, 0.1) is 34.5 Å². The topological polar surface area (TPSA) is 69.7 Å². The molecule has 0 aliphatic heterocycles. The van der Waals surface area contributed by atoms with Gasteiger partial charge in [-0.2, -0.15) is 0 Å². The predicted molar refractivity (Wildman–Crippen MR) is 140 cm³/mol. The van der Waals surface area contributed by atoms with Gasteiger partial charge in [-0.3, -0.25) is 14.4 Å². The van der Waals surface area contributed by atoms with Crippen LogP contribution in [-0.4, -0.2) is 30.4 Å². The summed E-state index contributed by atoms with van der Waals surface area (Å²) in [6.45, 7) is 12.6. The Morgan fingerprint density at radius 3 is 2.44 bits per heavy atom. The monoisotopic (exact) mass is 498 g/mol. The van der Waals surface area contributed by atoms with E-state index in [1.807, 2.05) is 0 Å². The highest BCUT2D eigenvalue weighted by atomic mass is 16.5. The summed E-state index contributed by atoms with van der Waals surface area (Å²) in [4.78, 5) is 36.1. The lowest BCUT2D eigenvalue weighted by molar-refractivity contribution is -0.148. The fourth-order valence-corrected chi connectivity index (χ4v) is 8.50. The molecule has 0 heterocycles. The van der Waals surface area contributed by atoms with Crippen molar-refractivity contribution >= 4 is 17.7 Å². The van der Waals surface area contributed by atoms with Crippen molar-refractivity contribution < 1.29 is 23.9 Å². The largest absolute Gasteiger partial charge is 0.466 e. The second kappa shape index (κ2) is 10.5. The Labute approximate surface area is 217 Å². The average molecular weight is 499 g/mol. The molecule has 7 unspecified atom stereocenters. The van der Waals surface area contributed by atoms with E-state index in [0.29, 0.717) is 42.5 Å². The van der Waals surface area contributed by atoms with Crippen molar-refractivity contribution in [3.8, 4) is 0 Å². The lowest BCUT2D eigenvalue weighted by Crippen LogP contribution is -2.49. The predicted octanol–water partition coefficient (Wildman–Crippen LogP) is 6.75. The molecule has 0 N–H and O–H groups in total. The molecule has 5 nitrogen and oxygen atoms in total. The molecule has 3 fully saturated rings. The van der Waals surface area contributed by atoms with Crippen LogP contribution >= 0.6 is 0 Å². The summed E-state index contributed by atoms with van der Waals surface area (Å²) >= 11 is 0. The van der Waals surface area contributed by atoms with E-state index in [-0.39, 0.29) is 28.9 Å². The summed E-state index contributed by atoms with van der Waals surface area (Å²) in [6, 6.07) is 0. The second-order valence-electron chi connectivity index (χ2n) is 12.8. The minimum absolute atomic E-state index is 0.0116. The highest BCUT2D eigenvalue weighted by Crippen LogP contribution is 2.66. The van der Waals surface area contributed by atoms with E-state index in [1.165, 1.54) is 31.4 Å². The molecule has 3 saturated carbocycles. The van der Waals surface area contributed by atoms with Gasteiger partial charge in [0.2, 0.25) is 0 Å². The number of fused-ring (bicyclic) bond motifs is 5. The van der Waals surface area contributed by atoms with Gasteiger partial charge in [-0.25, -0.2) is 0 Å². The Hall–Kier alpha value is -1.91. The van der Waals surface area contributed by atoms with Crippen molar-refractivity contribution in [1.29, 1.82) is 0 Å². The molecule has 0 spiro atoms. The van der Waals surface area contributed by atoms with Crippen LogP contribution in [-0.2, 0) is 23.9 Å². The number of hydrogen-bond donors (Lipinski definition) is 0. The molecule has 0 aromatic carbocycles. The summed E-state index contributed by atoms with van der Waals surface area (Å²) < 4.78 is 10.7. The maximum absolute atomic E-state index is 13.5. The molecular weight excluding hydrogens is 452 g/mol. The lowest BCUT2D eigenvalue weighted by Gasteiger charge is -2.57. The van der Waals surface area contributed by atoms with Crippen molar-refractivity contribution in [3.05, 3.63) is 22.8 Å². The van der Waals surface area contributed by atoms with E-state index >= 15 is 0 Å². The Kier molecular flexibility index (Phi) is 7.88. The molecular formula is C31H46O5. The molecule has 200 valence electrons. The zero-order valence-corrected chi connectivity index (χ0v) is 23.3. The zero-order valence-electron chi connectivity index (χ0n) is 23.3. The minimum atomic E-state index is -0.220. The van der Waals surface area contributed by atoms with Gasteiger partial charge in [0.05, 0.1) is 6.61 Å². The molecule has 4 rings (SSSR count). The molecule has 4 aliphatic rings. The van der Waals surface area contributed by atoms with E-state index in [1.54, 1.807) is 0 Å². The number of ketones is 1. The second-order valence-corrected chi connectivity index (χ2v) is 12.8. The van der Waals surface area contributed by atoms with Gasteiger partial charge >= 0.3 is 11.9 Å². The Morgan fingerprint density at radius 2 is 1.75 bits per heavy atom. The van der Waals surface area contributed by atoms with Crippen LogP contribution < -0.4 is 0 Å². The number of ether oxygens (including phenoxy) is 2. The average Bonchev–Trinajstić information content (AvgIpc) is 3.07. The molecule has 7 atom stereocenters.